The molecule has 114 valence electrons. The van der Waals surface area contributed by atoms with E-state index in [2.05, 4.69) is 30.3 Å². The Morgan fingerprint density at radius 1 is 1.29 bits per heavy atom. The van der Waals surface area contributed by atoms with Crippen molar-refractivity contribution in [2.24, 2.45) is 0 Å². The molecule has 0 aliphatic carbocycles. The molecule has 0 aliphatic rings. The predicted molar refractivity (Wildman–Crippen MR) is 87.0 cm³/mol. The molecule has 4 nitrogen and oxygen atoms in total. The van der Waals surface area contributed by atoms with Crippen molar-refractivity contribution in [2.75, 3.05) is 26.9 Å². The molecular formula is C16H23N3OS. The molecule has 1 amide bonds. The van der Waals surface area contributed by atoms with Crippen LogP contribution in [0, 0.1) is 11.3 Å². The van der Waals surface area contributed by atoms with Gasteiger partial charge in [-0.1, -0.05) is 12.1 Å². The molecule has 0 radical (unpaired) electrons. The van der Waals surface area contributed by atoms with E-state index in [1.165, 1.54) is 15.4 Å². The molecule has 0 spiro atoms. The van der Waals surface area contributed by atoms with Gasteiger partial charge < -0.3 is 4.90 Å². The molecule has 5 heteroatoms. The van der Waals surface area contributed by atoms with E-state index in [0.717, 1.165) is 0 Å². The number of benzene rings is 1. The van der Waals surface area contributed by atoms with Crippen molar-refractivity contribution >= 4 is 17.7 Å². The minimum absolute atomic E-state index is 0.0511. The standard InChI is InChI=1S/C16H23N3OS/c1-16(2,12-17)19(4)15(20)11-18(3)10-13-6-8-14(21-5)9-7-13/h6-9H,10-11H2,1-5H3. The zero-order valence-electron chi connectivity index (χ0n) is 13.4. The number of likely N-dealkylation sites (N-methyl/N-ethyl adjacent to an activating group) is 2. The highest BCUT2D eigenvalue weighted by molar-refractivity contribution is 7.98. The van der Waals surface area contributed by atoms with E-state index in [9.17, 15) is 4.79 Å². The van der Waals surface area contributed by atoms with Crippen LogP contribution < -0.4 is 0 Å². The largest absolute Gasteiger partial charge is 0.326 e. The first-order valence-corrected chi connectivity index (χ1v) is 8.02. The average molecular weight is 305 g/mol. The number of hydrogen-bond acceptors (Lipinski definition) is 4. The Balaban J connectivity index is 2.58. The molecule has 21 heavy (non-hydrogen) atoms. The summed E-state index contributed by atoms with van der Waals surface area (Å²) in [6, 6.07) is 10.5. The fourth-order valence-corrected chi connectivity index (χ4v) is 2.23. The molecule has 0 aliphatic heterocycles. The average Bonchev–Trinajstić information content (AvgIpc) is 2.46. The number of hydrogen-bond donors (Lipinski definition) is 0. The molecule has 1 aromatic carbocycles. The molecule has 0 atom stereocenters. The molecule has 0 N–H and O–H groups in total. The fourth-order valence-electron chi connectivity index (χ4n) is 1.82. The summed E-state index contributed by atoms with van der Waals surface area (Å²) in [5, 5.41) is 9.07. The third kappa shape index (κ3) is 5.07. The second kappa shape index (κ2) is 7.48. The summed E-state index contributed by atoms with van der Waals surface area (Å²) in [6.07, 6.45) is 2.05. The van der Waals surface area contributed by atoms with E-state index in [1.54, 1.807) is 32.7 Å². The number of thioether (sulfide) groups is 1. The summed E-state index contributed by atoms with van der Waals surface area (Å²) < 4.78 is 0. The molecule has 1 aromatic rings. The van der Waals surface area contributed by atoms with Crippen molar-refractivity contribution in [3.63, 3.8) is 0 Å². The van der Waals surface area contributed by atoms with Gasteiger partial charge in [-0.2, -0.15) is 5.26 Å². The summed E-state index contributed by atoms with van der Waals surface area (Å²) >= 11 is 1.71. The first-order valence-electron chi connectivity index (χ1n) is 6.79. The van der Waals surface area contributed by atoms with Crippen LogP contribution >= 0.6 is 11.8 Å². The van der Waals surface area contributed by atoms with E-state index >= 15 is 0 Å². The zero-order chi connectivity index (χ0) is 16.0. The van der Waals surface area contributed by atoms with Crippen molar-refractivity contribution in [3.8, 4) is 6.07 Å². The minimum atomic E-state index is -0.780. The summed E-state index contributed by atoms with van der Waals surface area (Å²) in [5.41, 5.74) is 0.392. The summed E-state index contributed by atoms with van der Waals surface area (Å²) in [6.45, 7) is 4.49. The van der Waals surface area contributed by atoms with Gasteiger partial charge in [0.05, 0.1) is 12.6 Å². The minimum Gasteiger partial charge on any atom is -0.326 e. The van der Waals surface area contributed by atoms with Crippen LogP contribution in [0.15, 0.2) is 29.2 Å². The lowest BCUT2D eigenvalue weighted by Gasteiger charge is -2.30. The number of carbonyl (C=O) groups excluding carboxylic acids is 1. The molecule has 0 bridgehead atoms. The Bertz CT molecular complexity index is 519. The van der Waals surface area contributed by atoms with Crippen molar-refractivity contribution in [1.82, 2.24) is 9.80 Å². The SMILES string of the molecule is CSc1ccc(CN(C)CC(=O)N(C)C(C)(C)C#N)cc1. The van der Waals surface area contributed by atoms with Crippen LogP contribution in [0.2, 0.25) is 0 Å². The summed E-state index contributed by atoms with van der Waals surface area (Å²) in [4.78, 5) is 16.9. The first-order chi connectivity index (χ1) is 9.80. The van der Waals surface area contributed by atoms with Gasteiger partial charge in [-0.05, 0) is 44.8 Å². The lowest BCUT2D eigenvalue weighted by Crippen LogP contribution is -2.47. The van der Waals surface area contributed by atoms with Crippen molar-refractivity contribution in [2.45, 2.75) is 30.8 Å². The second-order valence-electron chi connectivity index (χ2n) is 5.64. The molecule has 0 saturated heterocycles. The zero-order valence-corrected chi connectivity index (χ0v) is 14.2. The topological polar surface area (TPSA) is 47.3 Å². The van der Waals surface area contributed by atoms with Gasteiger partial charge in [-0.15, -0.1) is 11.8 Å². The monoisotopic (exact) mass is 305 g/mol. The lowest BCUT2D eigenvalue weighted by molar-refractivity contribution is -0.134. The van der Waals surface area contributed by atoms with Gasteiger partial charge in [0.25, 0.3) is 0 Å². The molecule has 1 rings (SSSR count). The number of nitrogens with zero attached hydrogens (tertiary/aromatic N) is 3. The second-order valence-corrected chi connectivity index (χ2v) is 6.52. The van der Waals surface area contributed by atoms with E-state index < -0.39 is 5.54 Å². The van der Waals surface area contributed by atoms with Crippen molar-refractivity contribution in [1.29, 1.82) is 5.26 Å². The van der Waals surface area contributed by atoms with Crippen LogP contribution in [0.3, 0.4) is 0 Å². The normalized spacial score (nSPS) is 11.3. The Morgan fingerprint density at radius 3 is 2.33 bits per heavy atom. The maximum atomic E-state index is 12.2. The highest BCUT2D eigenvalue weighted by Gasteiger charge is 2.27. The molecule has 0 saturated carbocycles. The highest BCUT2D eigenvalue weighted by atomic mass is 32.2. The third-order valence-corrected chi connectivity index (χ3v) is 4.25. The Kier molecular flexibility index (Phi) is 6.25. The number of rotatable bonds is 6. The van der Waals surface area contributed by atoms with E-state index in [0.29, 0.717) is 13.1 Å². The Hall–Kier alpha value is -1.51. The molecular weight excluding hydrogens is 282 g/mol. The smallest absolute Gasteiger partial charge is 0.237 e. The third-order valence-electron chi connectivity index (χ3n) is 3.50. The van der Waals surface area contributed by atoms with E-state index in [1.807, 2.05) is 18.2 Å². The maximum Gasteiger partial charge on any atom is 0.237 e. The van der Waals surface area contributed by atoms with Gasteiger partial charge in [0.15, 0.2) is 0 Å². The van der Waals surface area contributed by atoms with E-state index in [-0.39, 0.29) is 5.91 Å². The van der Waals surface area contributed by atoms with Crippen LogP contribution in [0.4, 0.5) is 0 Å². The fraction of sp³-hybridized carbons (Fsp3) is 0.500. The van der Waals surface area contributed by atoms with Crippen LogP contribution in [-0.2, 0) is 11.3 Å². The highest BCUT2D eigenvalue weighted by Crippen LogP contribution is 2.16. The van der Waals surface area contributed by atoms with Gasteiger partial charge in [0.1, 0.15) is 5.54 Å². The predicted octanol–water partition coefficient (Wildman–Crippen LogP) is 2.60. The summed E-state index contributed by atoms with van der Waals surface area (Å²) in [5.74, 6) is -0.0511. The number of carbonyl (C=O) groups is 1. The van der Waals surface area contributed by atoms with Crippen LogP contribution in [0.5, 0.6) is 0 Å². The van der Waals surface area contributed by atoms with Crippen LogP contribution in [0.1, 0.15) is 19.4 Å². The van der Waals surface area contributed by atoms with Crippen LogP contribution in [-0.4, -0.2) is 48.1 Å². The molecule has 0 aromatic heterocycles. The molecule has 0 heterocycles. The van der Waals surface area contributed by atoms with Gasteiger partial charge in [0.2, 0.25) is 5.91 Å². The number of amides is 1. The molecule has 0 unspecified atom stereocenters. The number of nitriles is 1. The maximum absolute atomic E-state index is 12.2. The van der Waals surface area contributed by atoms with Gasteiger partial charge >= 0.3 is 0 Å². The van der Waals surface area contributed by atoms with Gasteiger partial charge in [-0.3, -0.25) is 9.69 Å². The van der Waals surface area contributed by atoms with Crippen LogP contribution in [0.25, 0.3) is 0 Å². The molecule has 0 fully saturated rings. The Morgan fingerprint density at radius 2 is 1.86 bits per heavy atom. The van der Waals surface area contributed by atoms with Gasteiger partial charge in [-0.25, -0.2) is 0 Å². The summed E-state index contributed by atoms with van der Waals surface area (Å²) in [7, 11) is 3.58. The van der Waals surface area contributed by atoms with Crippen molar-refractivity contribution in [3.05, 3.63) is 29.8 Å². The Labute approximate surface area is 131 Å². The first kappa shape index (κ1) is 17.5. The van der Waals surface area contributed by atoms with Crippen molar-refractivity contribution < 1.29 is 4.79 Å². The lowest BCUT2D eigenvalue weighted by atomic mass is 10.1. The van der Waals surface area contributed by atoms with E-state index in [4.69, 9.17) is 5.26 Å². The van der Waals surface area contributed by atoms with Gasteiger partial charge in [0, 0.05) is 18.5 Å². The quantitative estimate of drug-likeness (QED) is 0.758.